The topological polar surface area (TPSA) is 129 Å². The number of benzene rings is 2. The summed E-state index contributed by atoms with van der Waals surface area (Å²) in [4.78, 5) is 41.3. The van der Waals surface area contributed by atoms with E-state index in [2.05, 4.69) is 25.5 Å². The minimum atomic E-state index is -0.0983. The van der Waals surface area contributed by atoms with Crippen molar-refractivity contribution in [3.63, 3.8) is 0 Å². The number of rotatable bonds is 5. The van der Waals surface area contributed by atoms with E-state index in [1.807, 2.05) is 23.1 Å². The Labute approximate surface area is 201 Å². The smallest absolute Gasteiger partial charge is 0.327 e. The molecule has 5 rings (SSSR count). The molecule has 0 aliphatic carbocycles. The predicted octanol–water partition coefficient (Wildman–Crippen LogP) is 2.24. The average Bonchev–Trinajstić information content (AvgIpc) is 3.24. The fourth-order valence-corrected chi connectivity index (χ4v) is 3.81. The number of ether oxygens (including phenoxy) is 1. The largest absolute Gasteiger partial charge is 0.424 e. The first-order valence-electron chi connectivity index (χ1n) is 11.2. The van der Waals surface area contributed by atoms with Crippen LogP contribution in [0.2, 0.25) is 0 Å². The number of aromatic amines is 1. The van der Waals surface area contributed by atoms with Gasteiger partial charge in [-0.05, 0) is 30.3 Å². The highest BCUT2D eigenvalue weighted by Gasteiger charge is 2.20. The zero-order valence-corrected chi connectivity index (χ0v) is 19.4. The molecule has 2 N–H and O–H groups in total. The summed E-state index contributed by atoms with van der Waals surface area (Å²) >= 11 is 0. The van der Waals surface area contributed by atoms with Crippen LogP contribution in [0.25, 0.3) is 22.3 Å². The third kappa shape index (κ3) is 4.74. The summed E-state index contributed by atoms with van der Waals surface area (Å²) in [6.07, 6.45) is 2.07. The molecular weight excluding hydrogens is 448 g/mol. The number of amides is 2. The van der Waals surface area contributed by atoms with Crippen LogP contribution in [-0.2, 0) is 4.79 Å². The lowest BCUT2D eigenvalue weighted by Gasteiger charge is -2.20. The van der Waals surface area contributed by atoms with Crippen molar-refractivity contribution in [1.82, 2.24) is 35.4 Å². The molecule has 2 aromatic carbocycles. The lowest BCUT2D eigenvalue weighted by Crippen LogP contribution is -2.30. The number of H-pyrrole nitrogens is 1. The first kappa shape index (κ1) is 22.3. The van der Waals surface area contributed by atoms with E-state index in [1.165, 1.54) is 4.90 Å². The molecule has 1 saturated heterocycles. The maximum atomic E-state index is 12.2. The van der Waals surface area contributed by atoms with Crippen molar-refractivity contribution in [3.05, 3.63) is 54.2 Å². The van der Waals surface area contributed by atoms with Gasteiger partial charge in [-0.3, -0.25) is 14.7 Å². The summed E-state index contributed by atoms with van der Waals surface area (Å²) in [5.41, 5.74) is 2.19. The molecule has 0 atom stereocenters. The van der Waals surface area contributed by atoms with Gasteiger partial charge < -0.3 is 19.9 Å². The van der Waals surface area contributed by atoms with Gasteiger partial charge in [0.1, 0.15) is 5.75 Å². The molecule has 35 heavy (non-hydrogen) atoms. The Hall–Kier alpha value is -4.54. The predicted molar refractivity (Wildman–Crippen MR) is 129 cm³/mol. The highest BCUT2D eigenvalue weighted by molar-refractivity contribution is 5.94. The monoisotopic (exact) mass is 472 g/mol. The van der Waals surface area contributed by atoms with Gasteiger partial charge in [0.2, 0.25) is 11.9 Å². The summed E-state index contributed by atoms with van der Waals surface area (Å²) in [6, 6.07) is 12.6. The Morgan fingerprint density at radius 2 is 1.89 bits per heavy atom. The van der Waals surface area contributed by atoms with E-state index in [4.69, 9.17) is 9.72 Å². The molecule has 3 heterocycles. The van der Waals surface area contributed by atoms with Gasteiger partial charge in [-0.1, -0.05) is 12.1 Å². The maximum absolute atomic E-state index is 12.2. The molecule has 4 aromatic rings. The summed E-state index contributed by atoms with van der Waals surface area (Å²) in [6.45, 7) is 1.53. The van der Waals surface area contributed by atoms with Gasteiger partial charge in [0.05, 0.1) is 11.7 Å². The van der Waals surface area contributed by atoms with Crippen LogP contribution in [0.5, 0.6) is 11.8 Å². The first-order valence-corrected chi connectivity index (χ1v) is 11.2. The van der Waals surface area contributed by atoms with Crippen molar-refractivity contribution in [1.29, 1.82) is 0 Å². The van der Waals surface area contributed by atoms with Crippen LogP contribution in [0, 0.1) is 0 Å². The summed E-state index contributed by atoms with van der Waals surface area (Å²) < 4.78 is 5.99. The van der Waals surface area contributed by atoms with Gasteiger partial charge in [0.25, 0.3) is 5.91 Å². The van der Waals surface area contributed by atoms with Crippen molar-refractivity contribution >= 4 is 28.7 Å². The maximum Gasteiger partial charge on any atom is 0.327 e. The van der Waals surface area contributed by atoms with Gasteiger partial charge >= 0.3 is 6.01 Å². The van der Waals surface area contributed by atoms with E-state index >= 15 is 0 Å². The van der Waals surface area contributed by atoms with E-state index in [-0.39, 0.29) is 17.8 Å². The lowest BCUT2D eigenvalue weighted by molar-refractivity contribution is -0.120. The number of hydrogen-bond donors (Lipinski definition) is 2. The van der Waals surface area contributed by atoms with Crippen molar-refractivity contribution < 1.29 is 14.3 Å². The van der Waals surface area contributed by atoms with E-state index in [1.54, 1.807) is 44.6 Å². The fourth-order valence-electron chi connectivity index (χ4n) is 3.81. The number of nitrogens with one attached hydrogen (secondary N) is 2. The fraction of sp³-hybridized carbons (Fsp3) is 0.250. The van der Waals surface area contributed by atoms with E-state index in [9.17, 15) is 9.59 Å². The molecule has 1 aliphatic heterocycles. The number of nitrogens with zero attached hydrogens (tertiary/aromatic N) is 6. The highest BCUT2D eigenvalue weighted by Crippen LogP contribution is 2.29. The highest BCUT2D eigenvalue weighted by atomic mass is 16.5. The van der Waals surface area contributed by atoms with E-state index in [0.29, 0.717) is 49.1 Å². The molecule has 2 amide bonds. The van der Waals surface area contributed by atoms with Gasteiger partial charge in [0.15, 0.2) is 5.82 Å². The molecule has 178 valence electrons. The number of hydrogen-bond acceptors (Lipinski definition) is 8. The molecule has 0 unspecified atom stereocenters. The average molecular weight is 473 g/mol. The number of carbonyl (C=O) groups excluding carboxylic acids is 2. The van der Waals surface area contributed by atoms with Crippen LogP contribution in [0.4, 0.5) is 5.95 Å². The van der Waals surface area contributed by atoms with Crippen LogP contribution in [0.15, 0.2) is 48.7 Å². The Morgan fingerprint density at radius 3 is 2.69 bits per heavy atom. The summed E-state index contributed by atoms with van der Waals surface area (Å²) in [5.74, 6) is 1.23. The molecule has 11 heteroatoms. The van der Waals surface area contributed by atoms with Gasteiger partial charge in [-0.25, -0.2) is 0 Å². The molecule has 1 aliphatic rings. The minimum absolute atomic E-state index is 0.00576. The first-order chi connectivity index (χ1) is 17.0. The van der Waals surface area contributed by atoms with Crippen molar-refractivity contribution in [2.45, 2.75) is 6.42 Å². The quantitative estimate of drug-likeness (QED) is 0.452. The molecule has 0 spiro atoms. The molecule has 0 bridgehead atoms. The second-order valence-corrected chi connectivity index (χ2v) is 8.29. The molecule has 11 nitrogen and oxygen atoms in total. The van der Waals surface area contributed by atoms with Gasteiger partial charge in [-0.15, -0.1) is 0 Å². The van der Waals surface area contributed by atoms with Gasteiger partial charge in [-0.2, -0.15) is 20.1 Å². The van der Waals surface area contributed by atoms with Crippen LogP contribution in [0.3, 0.4) is 0 Å². The molecule has 0 radical (unpaired) electrons. The standard InChI is InChI=1S/C24H24N8O3/c1-31(2)22(34)15-6-8-16(9-7-15)35-24-28-21(17-4-3-5-19-18(17)14-26-30-19)27-23(29-24)32-12-10-20(33)25-11-13-32/h3-9,14H,10-13H2,1-2H3,(H,25,33)(H,26,30). The van der Waals surface area contributed by atoms with Crippen LogP contribution in [-0.4, -0.2) is 75.6 Å². The van der Waals surface area contributed by atoms with Crippen molar-refractivity contribution in [2.24, 2.45) is 0 Å². The minimum Gasteiger partial charge on any atom is -0.424 e. The summed E-state index contributed by atoms with van der Waals surface area (Å²) in [5, 5.41) is 10.8. The lowest BCUT2D eigenvalue weighted by atomic mass is 10.1. The number of fused-ring (bicyclic) bond motifs is 1. The third-order valence-corrected chi connectivity index (χ3v) is 5.64. The van der Waals surface area contributed by atoms with Crippen molar-refractivity contribution in [3.8, 4) is 23.1 Å². The Bertz CT molecular complexity index is 1380. The normalized spacial score (nSPS) is 13.9. The molecule has 0 saturated carbocycles. The SMILES string of the molecule is CN(C)C(=O)c1ccc(Oc2nc(-c3cccc4[nH]ncc34)nc(N3CCNC(=O)CC3)n2)cc1. The Morgan fingerprint density at radius 1 is 1.06 bits per heavy atom. The number of carbonyl (C=O) groups is 2. The zero-order chi connectivity index (χ0) is 24.4. The van der Waals surface area contributed by atoms with Crippen LogP contribution in [0.1, 0.15) is 16.8 Å². The number of aromatic nitrogens is 5. The molecular formula is C24H24N8O3. The van der Waals surface area contributed by atoms with E-state index in [0.717, 1.165) is 16.5 Å². The number of anilines is 1. The van der Waals surface area contributed by atoms with E-state index < -0.39 is 0 Å². The van der Waals surface area contributed by atoms with Gasteiger partial charge in [0, 0.05) is 56.7 Å². The Kier molecular flexibility index (Phi) is 5.96. The second-order valence-electron chi connectivity index (χ2n) is 8.29. The molecule has 2 aromatic heterocycles. The third-order valence-electron chi connectivity index (χ3n) is 5.64. The van der Waals surface area contributed by atoms with Crippen LogP contribution < -0.4 is 15.0 Å². The van der Waals surface area contributed by atoms with Crippen molar-refractivity contribution in [2.75, 3.05) is 38.6 Å². The molecule has 1 fully saturated rings. The summed E-state index contributed by atoms with van der Waals surface area (Å²) in [7, 11) is 3.40. The van der Waals surface area contributed by atoms with Crippen LogP contribution >= 0.6 is 0 Å². The zero-order valence-electron chi connectivity index (χ0n) is 19.4. The second kappa shape index (κ2) is 9.37. The Balaban J connectivity index is 1.52.